The van der Waals surface area contributed by atoms with Gasteiger partial charge in [0.15, 0.2) is 0 Å². The number of hydrogen-bond acceptors (Lipinski definition) is 4. The number of halogens is 1. The van der Waals surface area contributed by atoms with Crippen LogP contribution in [0.15, 0.2) is 18.2 Å². The number of aliphatic hydroxyl groups is 1. The molecule has 1 fully saturated rings. The van der Waals surface area contributed by atoms with E-state index in [0.29, 0.717) is 17.1 Å². The summed E-state index contributed by atoms with van der Waals surface area (Å²) in [6.07, 6.45) is 0.216. The third kappa shape index (κ3) is 2.15. The number of benzene rings is 1. The van der Waals surface area contributed by atoms with Crippen LogP contribution in [0.4, 0.5) is 11.4 Å². The molecule has 2 rings (SSSR count). The van der Waals surface area contributed by atoms with Crippen LogP contribution in [0.2, 0.25) is 5.02 Å². The summed E-state index contributed by atoms with van der Waals surface area (Å²) in [6.45, 7) is 3.86. The van der Waals surface area contributed by atoms with Gasteiger partial charge in [-0.05, 0) is 18.6 Å². The van der Waals surface area contributed by atoms with Crippen LogP contribution in [-0.4, -0.2) is 22.2 Å². The molecule has 0 spiro atoms. The molecule has 0 heterocycles. The Morgan fingerprint density at radius 1 is 1.56 bits per heavy atom. The SMILES string of the molecule is CC1(C)C(O)CC1Nc1ccc(Cl)cc1[N+](=O)[O-]. The van der Waals surface area contributed by atoms with Crippen LogP contribution in [-0.2, 0) is 0 Å². The quantitative estimate of drug-likeness (QED) is 0.654. The molecule has 1 aliphatic carbocycles. The van der Waals surface area contributed by atoms with Gasteiger partial charge >= 0.3 is 0 Å². The van der Waals surface area contributed by atoms with Crippen molar-refractivity contribution in [1.29, 1.82) is 0 Å². The van der Waals surface area contributed by atoms with Gasteiger partial charge in [-0.1, -0.05) is 25.4 Å². The minimum Gasteiger partial charge on any atom is -0.392 e. The Labute approximate surface area is 110 Å². The monoisotopic (exact) mass is 270 g/mol. The van der Waals surface area contributed by atoms with Crippen molar-refractivity contribution >= 4 is 23.0 Å². The second-order valence-corrected chi connectivity index (χ2v) is 5.62. The van der Waals surface area contributed by atoms with Crippen molar-refractivity contribution in [2.45, 2.75) is 32.4 Å². The van der Waals surface area contributed by atoms with Gasteiger partial charge in [0.25, 0.3) is 5.69 Å². The van der Waals surface area contributed by atoms with Gasteiger partial charge in [-0.15, -0.1) is 0 Å². The highest BCUT2D eigenvalue weighted by Gasteiger charge is 2.47. The zero-order chi connectivity index (χ0) is 13.5. The van der Waals surface area contributed by atoms with Crippen molar-refractivity contribution in [3.05, 3.63) is 33.3 Å². The van der Waals surface area contributed by atoms with Crippen LogP contribution >= 0.6 is 11.6 Å². The fourth-order valence-corrected chi connectivity index (χ4v) is 2.28. The van der Waals surface area contributed by atoms with Gasteiger partial charge in [0.05, 0.1) is 11.0 Å². The zero-order valence-electron chi connectivity index (χ0n) is 10.2. The second kappa shape index (κ2) is 4.40. The first-order valence-electron chi connectivity index (χ1n) is 5.71. The highest BCUT2D eigenvalue weighted by atomic mass is 35.5. The molecule has 1 aliphatic rings. The lowest BCUT2D eigenvalue weighted by molar-refractivity contribution is -0.384. The van der Waals surface area contributed by atoms with E-state index in [1.807, 2.05) is 13.8 Å². The third-order valence-corrected chi connectivity index (χ3v) is 3.94. The number of aliphatic hydroxyl groups excluding tert-OH is 1. The highest BCUT2D eigenvalue weighted by molar-refractivity contribution is 6.30. The van der Waals surface area contributed by atoms with E-state index >= 15 is 0 Å². The number of nitro groups is 1. The molecular formula is C12H15ClN2O3. The Hall–Kier alpha value is -1.33. The summed E-state index contributed by atoms with van der Waals surface area (Å²) in [5.41, 5.74) is 0.113. The number of nitrogens with zero attached hydrogens (tertiary/aromatic N) is 1. The molecule has 2 atom stereocenters. The van der Waals surface area contributed by atoms with Gasteiger partial charge in [-0.25, -0.2) is 0 Å². The molecule has 0 radical (unpaired) electrons. The van der Waals surface area contributed by atoms with Crippen molar-refractivity contribution in [3.8, 4) is 0 Å². The maximum Gasteiger partial charge on any atom is 0.293 e. The predicted molar refractivity (Wildman–Crippen MR) is 69.9 cm³/mol. The molecule has 1 aromatic rings. The topological polar surface area (TPSA) is 75.4 Å². The summed E-state index contributed by atoms with van der Waals surface area (Å²) in [5, 5.41) is 24.0. The Morgan fingerprint density at radius 3 is 2.72 bits per heavy atom. The van der Waals surface area contributed by atoms with Gasteiger partial charge in [0.2, 0.25) is 0 Å². The van der Waals surface area contributed by atoms with E-state index in [1.165, 1.54) is 6.07 Å². The van der Waals surface area contributed by atoms with Crippen molar-refractivity contribution < 1.29 is 10.0 Å². The second-order valence-electron chi connectivity index (χ2n) is 5.19. The number of anilines is 1. The molecule has 98 valence electrons. The van der Waals surface area contributed by atoms with E-state index < -0.39 is 4.92 Å². The van der Waals surface area contributed by atoms with Crippen LogP contribution in [0.3, 0.4) is 0 Å². The lowest BCUT2D eigenvalue weighted by atomic mass is 9.64. The molecule has 1 saturated carbocycles. The van der Waals surface area contributed by atoms with Crippen LogP contribution < -0.4 is 5.32 Å². The average molecular weight is 271 g/mol. The van der Waals surface area contributed by atoms with Crippen LogP contribution in [0, 0.1) is 15.5 Å². The molecule has 0 aromatic heterocycles. The van der Waals surface area contributed by atoms with Crippen LogP contribution in [0.1, 0.15) is 20.3 Å². The maximum absolute atomic E-state index is 10.9. The summed E-state index contributed by atoms with van der Waals surface area (Å²) in [7, 11) is 0. The summed E-state index contributed by atoms with van der Waals surface area (Å²) in [5.74, 6) is 0. The molecule has 2 N–H and O–H groups in total. The molecule has 0 aliphatic heterocycles. The highest BCUT2D eigenvalue weighted by Crippen LogP contribution is 2.43. The fraction of sp³-hybridized carbons (Fsp3) is 0.500. The largest absolute Gasteiger partial charge is 0.392 e. The minimum atomic E-state index is -0.462. The van der Waals surface area contributed by atoms with E-state index in [1.54, 1.807) is 12.1 Å². The Kier molecular flexibility index (Phi) is 3.21. The van der Waals surface area contributed by atoms with E-state index in [4.69, 9.17) is 11.6 Å². The predicted octanol–water partition coefficient (Wildman–Crippen LogP) is 2.82. The molecule has 0 bridgehead atoms. The number of hydrogen-bond donors (Lipinski definition) is 2. The standard InChI is InChI=1S/C12H15ClN2O3/c1-12(2)10(6-11(12)16)14-8-4-3-7(13)5-9(8)15(17)18/h3-5,10-11,14,16H,6H2,1-2H3. The van der Waals surface area contributed by atoms with Gasteiger partial charge < -0.3 is 10.4 Å². The third-order valence-electron chi connectivity index (χ3n) is 3.70. The molecular weight excluding hydrogens is 256 g/mol. The van der Waals surface area contributed by atoms with Crippen LogP contribution in [0.25, 0.3) is 0 Å². The lowest BCUT2D eigenvalue weighted by Crippen LogP contribution is -2.56. The number of rotatable bonds is 3. The van der Waals surface area contributed by atoms with Crippen molar-refractivity contribution in [3.63, 3.8) is 0 Å². The number of nitrogens with one attached hydrogen (secondary N) is 1. The van der Waals surface area contributed by atoms with Crippen molar-refractivity contribution in [2.75, 3.05) is 5.32 Å². The first-order valence-corrected chi connectivity index (χ1v) is 6.08. The molecule has 5 nitrogen and oxygen atoms in total. The van der Waals surface area contributed by atoms with Crippen molar-refractivity contribution in [2.24, 2.45) is 5.41 Å². The summed E-state index contributed by atoms with van der Waals surface area (Å²) in [6, 6.07) is 4.55. The van der Waals surface area contributed by atoms with E-state index in [9.17, 15) is 15.2 Å². The summed E-state index contributed by atoms with van der Waals surface area (Å²) < 4.78 is 0. The number of nitro benzene ring substituents is 1. The fourth-order valence-electron chi connectivity index (χ4n) is 2.11. The molecule has 0 saturated heterocycles. The average Bonchev–Trinajstić information content (AvgIpc) is 2.30. The van der Waals surface area contributed by atoms with E-state index in [-0.39, 0.29) is 23.2 Å². The molecule has 1 aromatic carbocycles. The van der Waals surface area contributed by atoms with E-state index in [2.05, 4.69) is 5.32 Å². The Morgan fingerprint density at radius 2 is 2.22 bits per heavy atom. The lowest BCUT2D eigenvalue weighted by Gasteiger charge is -2.49. The molecule has 18 heavy (non-hydrogen) atoms. The smallest absolute Gasteiger partial charge is 0.293 e. The minimum absolute atomic E-state index is 0.0207. The summed E-state index contributed by atoms with van der Waals surface area (Å²) >= 11 is 5.75. The van der Waals surface area contributed by atoms with Gasteiger partial charge in [-0.3, -0.25) is 10.1 Å². The normalized spacial score (nSPS) is 25.3. The first kappa shape index (κ1) is 13.1. The molecule has 6 heteroatoms. The Bertz CT molecular complexity index is 490. The molecule has 0 amide bonds. The summed E-state index contributed by atoms with van der Waals surface area (Å²) in [4.78, 5) is 10.5. The van der Waals surface area contributed by atoms with Crippen molar-refractivity contribution in [1.82, 2.24) is 0 Å². The molecule has 2 unspecified atom stereocenters. The maximum atomic E-state index is 10.9. The van der Waals surface area contributed by atoms with E-state index in [0.717, 1.165) is 0 Å². The van der Waals surface area contributed by atoms with Gasteiger partial charge in [0.1, 0.15) is 5.69 Å². The first-order chi connectivity index (χ1) is 8.32. The zero-order valence-corrected chi connectivity index (χ0v) is 10.9. The Balaban J connectivity index is 2.23. The van der Waals surface area contributed by atoms with Crippen LogP contribution in [0.5, 0.6) is 0 Å². The van der Waals surface area contributed by atoms with Gasteiger partial charge in [0, 0.05) is 22.5 Å². The van der Waals surface area contributed by atoms with Gasteiger partial charge in [-0.2, -0.15) is 0 Å².